The predicted octanol–water partition coefficient (Wildman–Crippen LogP) is -0.0675. The Kier molecular flexibility index (Phi) is 21.9. The third kappa shape index (κ3) is 13.4. The van der Waals surface area contributed by atoms with Crippen molar-refractivity contribution in [1.29, 1.82) is 0 Å². The second kappa shape index (κ2) is 26.7. The molecule has 2 aromatic rings. The maximum Gasteiger partial charge on any atom is 0.266 e. The molecule has 0 radical (unpaired) electrons. The van der Waals surface area contributed by atoms with Crippen molar-refractivity contribution in [2.75, 3.05) is 100 Å². The van der Waals surface area contributed by atoms with E-state index in [9.17, 15) is 34.5 Å². The smallest absolute Gasteiger partial charge is 0.266 e. The number of hydrazine groups is 1. The van der Waals surface area contributed by atoms with Crippen LogP contribution in [0.1, 0.15) is 81.7 Å². The Labute approximate surface area is 372 Å². The van der Waals surface area contributed by atoms with Gasteiger partial charge < -0.3 is 73.6 Å². The Morgan fingerprint density at radius 3 is 2.19 bits per heavy atom. The van der Waals surface area contributed by atoms with Gasteiger partial charge in [-0.1, -0.05) is 12.1 Å². The number of aromatic hydroxyl groups is 2. The molecule has 2 aliphatic heterocycles. The van der Waals surface area contributed by atoms with Crippen LogP contribution in [-0.2, 0) is 53.9 Å². The summed E-state index contributed by atoms with van der Waals surface area (Å²) in [5.74, 6) is -3.32. The molecule has 2 unspecified atom stereocenters. The number of rotatable bonds is 21. The maximum absolute atomic E-state index is 13.8. The molecule has 1 amide bonds. The molecule has 0 spiro atoms. The molecular weight excluding hydrogens is 844 g/mol. The van der Waals surface area contributed by atoms with Gasteiger partial charge in [-0.15, -0.1) is 0 Å². The van der Waals surface area contributed by atoms with Gasteiger partial charge in [0.1, 0.15) is 29.8 Å². The molecule has 2 aliphatic carbocycles. The lowest BCUT2D eigenvalue weighted by atomic mass is 9.72. The zero-order valence-corrected chi connectivity index (χ0v) is 36.9. The molecule has 6 rings (SSSR count). The minimum absolute atomic E-state index is 0.00846. The molecule has 21 heteroatoms. The molecule has 2 heterocycles. The summed E-state index contributed by atoms with van der Waals surface area (Å²) in [5.41, 5.74) is 7.01. The molecule has 9 N–H and O–H groups in total. The zero-order valence-electron chi connectivity index (χ0n) is 36.9. The number of aldehydes is 1. The summed E-state index contributed by atoms with van der Waals surface area (Å²) >= 11 is 0. The highest BCUT2D eigenvalue weighted by Crippen LogP contribution is 2.52. The molecular formula is C43H64N4O17. The number of amides is 1. The number of ether oxygens (including phenoxy) is 9. The number of ketones is 2. The molecule has 2 aromatic carbocycles. The zero-order chi connectivity index (χ0) is 46.6. The minimum atomic E-state index is -2.12. The highest BCUT2D eigenvalue weighted by molar-refractivity contribution is 6.31. The van der Waals surface area contributed by atoms with E-state index in [-0.39, 0.29) is 46.8 Å². The third-order valence-corrected chi connectivity index (χ3v) is 10.6. The fourth-order valence-corrected chi connectivity index (χ4v) is 7.65. The van der Waals surface area contributed by atoms with Crippen LogP contribution in [0.25, 0.3) is 0 Å². The molecule has 4 aliphatic rings. The lowest BCUT2D eigenvalue weighted by Crippen LogP contribution is -2.55. The monoisotopic (exact) mass is 908 g/mol. The van der Waals surface area contributed by atoms with Crippen LogP contribution in [0.4, 0.5) is 0 Å². The van der Waals surface area contributed by atoms with Crippen LogP contribution in [0.2, 0.25) is 0 Å². The van der Waals surface area contributed by atoms with Gasteiger partial charge in [0.15, 0.2) is 17.7 Å². The topological polar surface area (TPSA) is 294 Å². The average molecular weight is 909 g/mol. The standard InChI is InChI=1S/C31H37N3O11.C11H23NO5.CH4O/c1-14-17(44-20-13-42-10-9-33-20)7-8-21(43-14)45-19-12-31(40,30(39)34-32-2)11-16-23(19)29(38)25-24(27(16)36)26(35)15-5-4-6-18(41-3)22(15)28(25)37;12-2-5-15-7-9-17-11-10-16-8-6-14-4-1-3-13;1-2/h4-6,14,17,19-21,32-33,36,38,40H,7-13H2,1-3H3,(H,34,39);3H,1-2,4-12H2;2H,1H3/t14-,17-,19-,20?,21?,31-;;/m0../s1. The molecule has 0 bridgehead atoms. The van der Waals surface area contributed by atoms with Crippen LogP contribution in [-0.4, -0.2) is 175 Å². The van der Waals surface area contributed by atoms with Crippen LogP contribution < -0.4 is 26.6 Å². The van der Waals surface area contributed by atoms with Crippen molar-refractivity contribution < 1.29 is 82.2 Å². The van der Waals surface area contributed by atoms with Gasteiger partial charge in [-0.05, 0) is 19.4 Å². The highest BCUT2D eigenvalue weighted by atomic mass is 16.7. The number of morpholine rings is 1. The first-order valence-corrected chi connectivity index (χ1v) is 21.2. The Bertz CT molecular complexity index is 1830. The predicted molar refractivity (Wildman–Crippen MR) is 226 cm³/mol. The second-order valence-corrected chi connectivity index (χ2v) is 14.9. The van der Waals surface area contributed by atoms with E-state index in [1.807, 2.05) is 6.92 Å². The van der Waals surface area contributed by atoms with Gasteiger partial charge in [-0.3, -0.25) is 25.1 Å². The third-order valence-electron chi connectivity index (χ3n) is 10.6. The van der Waals surface area contributed by atoms with E-state index >= 15 is 0 Å². The number of aliphatic hydroxyl groups is 2. The van der Waals surface area contributed by atoms with Crippen LogP contribution in [0.3, 0.4) is 0 Å². The number of hydrogen-bond acceptors (Lipinski definition) is 20. The second-order valence-electron chi connectivity index (χ2n) is 14.9. The number of nitrogens with one attached hydrogen (secondary N) is 3. The number of methoxy groups -OCH3 is 1. The quantitative estimate of drug-likeness (QED) is 0.0300. The maximum atomic E-state index is 13.8. The number of phenolic OH excluding ortho intramolecular Hbond substituents is 2. The van der Waals surface area contributed by atoms with Gasteiger partial charge in [-0.25, -0.2) is 5.43 Å². The SMILES string of the molecule is CNNC(=O)[C@]1(O)Cc2c(O)c3c(c(O)c2[C@@H](OC2CC[C@H](OC4COCCN4)[C@H](C)O2)C1)C(=O)c1c(OC)cccc1C3=O.CO.NCCOCCOCCOCCOCCC=O. The molecule has 0 saturated carbocycles. The van der Waals surface area contributed by atoms with E-state index in [0.29, 0.717) is 98.4 Å². The largest absolute Gasteiger partial charge is 0.507 e. The van der Waals surface area contributed by atoms with Crippen LogP contribution in [0.5, 0.6) is 17.2 Å². The number of phenols is 2. The fourth-order valence-electron chi connectivity index (χ4n) is 7.65. The van der Waals surface area contributed by atoms with Crippen molar-refractivity contribution in [3.63, 3.8) is 0 Å². The van der Waals surface area contributed by atoms with E-state index < -0.39 is 70.6 Å². The highest BCUT2D eigenvalue weighted by Gasteiger charge is 2.50. The van der Waals surface area contributed by atoms with Crippen molar-refractivity contribution in [3.05, 3.63) is 51.6 Å². The number of carbonyl (C=O) groups excluding carboxylic acids is 4. The summed E-state index contributed by atoms with van der Waals surface area (Å²) in [6.07, 6.45) is -1.63. The van der Waals surface area contributed by atoms with Gasteiger partial charge in [-0.2, -0.15) is 0 Å². The van der Waals surface area contributed by atoms with Gasteiger partial charge in [0.05, 0.1) is 108 Å². The van der Waals surface area contributed by atoms with E-state index in [1.165, 1.54) is 32.4 Å². The molecule has 0 aromatic heterocycles. The normalized spacial score (nSPS) is 23.6. The number of carbonyl (C=O) groups is 4. The lowest BCUT2D eigenvalue weighted by molar-refractivity contribution is -0.258. The van der Waals surface area contributed by atoms with E-state index in [1.54, 1.807) is 0 Å². The summed E-state index contributed by atoms with van der Waals surface area (Å²) in [7, 11) is 3.81. The van der Waals surface area contributed by atoms with Crippen LogP contribution >= 0.6 is 0 Å². The number of hydrogen-bond donors (Lipinski definition) is 8. The average Bonchev–Trinajstić information content (AvgIpc) is 3.30. The number of benzene rings is 2. The molecule has 2 fully saturated rings. The summed E-state index contributed by atoms with van der Waals surface area (Å²) in [6, 6.07) is 4.48. The minimum Gasteiger partial charge on any atom is -0.507 e. The first-order chi connectivity index (χ1) is 31.0. The Morgan fingerprint density at radius 1 is 0.938 bits per heavy atom. The fraction of sp³-hybridized carbons (Fsp3) is 0.628. The molecule has 6 atom stereocenters. The van der Waals surface area contributed by atoms with E-state index in [0.717, 1.165) is 13.4 Å². The molecule has 21 nitrogen and oxygen atoms in total. The van der Waals surface area contributed by atoms with Crippen molar-refractivity contribution in [2.24, 2.45) is 5.73 Å². The summed E-state index contributed by atoms with van der Waals surface area (Å²) in [6.45, 7) is 8.32. The Balaban J connectivity index is 0.000000400. The molecule has 2 saturated heterocycles. The van der Waals surface area contributed by atoms with E-state index in [2.05, 4.69) is 16.2 Å². The van der Waals surface area contributed by atoms with Crippen molar-refractivity contribution >= 4 is 23.8 Å². The molecule has 358 valence electrons. The van der Waals surface area contributed by atoms with Crippen LogP contribution in [0.15, 0.2) is 18.2 Å². The Morgan fingerprint density at radius 2 is 1.59 bits per heavy atom. The lowest BCUT2D eigenvalue weighted by Gasteiger charge is -2.42. The number of aliphatic hydroxyl groups excluding tert-OH is 1. The summed E-state index contributed by atoms with van der Waals surface area (Å²) in [4.78, 5) is 50.5. The van der Waals surface area contributed by atoms with Gasteiger partial charge >= 0.3 is 0 Å². The first-order valence-electron chi connectivity index (χ1n) is 21.2. The van der Waals surface area contributed by atoms with Gasteiger partial charge in [0.25, 0.3) is 5.91 Å². The van der Waals surface area contributed by atoms with Crippen molar-refractivity contribution in [1.82, 2.24) is 16.2 Å². The van der Waals surface area contributed by atoms with Gasteiger partial charge in [0.2, 0.25) is 5.78 Å². The van der Waals surface area contributed by atoms with Crippen molar-refractivity contribution in [2.45, 2.75) is 75.5 Å². The van der Waals surface area contributed by atoms with E-state index in [4.69, 9.17) is 53.5 Å². The van der Waals surface area contributed by atoms with Crippen molar-refractivity contribution in [3.8, 4) is 17.2 Å². The summed E-state index contributed by atoms with van der Waals surface area (Å²) < 4.78 is 50.1. The van der Waals surface area contributed by atoms with Gasteiger partial charge in [0, 0.05) is 69.6 Å². The number of fused-ring (bicyclic) bond motifs is 3. The summed E-state index contributed by atoms with van der Waals surface area (Å²) in [5, 5.41) is 45.1. The first kappa shape index (κ1) is 52.4. The molecule has 64 heavy (non-hydrogen) atoms. The van der Waals surface area contributed by atoms with Crippen LogP contribution in [0, 0.1) is 0 Å². The number of nitrogens with two attached hydrogens (primary N) is 1. The Hall–Kier alpha value is -4.20.